The van der Waals surface area contributed by atoms with E-state index >= 15 is 0 Å². The molecule has 3 rings (SSSR count). The fraction of sp³-hybridized carbons (Fsp3) is 0.350. The number of hydrogen-bond acceptors (Lipinski definition) is 6. The SMILES string of the molecule is Cc1c(ONC=Cc2ccc(C(F)(F)F)cc2)ncnc1OC1CCN(C(=O)O)CC1. The van der Waals surface area contributed by atoms with E-state index < -0.39 is 17.8 Å². The summed E-state index contributed by atoms with van der Waals surface area (Å²) in [5.74, 6) is 0.567. The summed E-state index contributed by atoms with van der Waals surface area (Å²) >= 11 is 0. The molecular formula is C20H21F3N4O4. The fourth-order valence-corrected chi connectivity index (χ4v) is 2.97. The molecule has 0 unspecified atom stereocenters. The molecule has 0 bridgehead atoms. The molecule has 1 aliphatic rings. The third kappa shape index (κ3) is 6.00. The highest BCUT2D eigenvalue weighted by Gasteiger charge is 2.29. The fourth-order valence-electron chi connectivity index (χ4n) is 2.97. The van der Waals surface area contributed by atoms with Gasteiger partial charge in [-0.1, -0.05) is 12.1 Å². The minimum Gasteiger partial charge on any atom is -0.474 e. The number of amides is 1. The van der Waals surface area contributed by atoms with Crippen molar-refractivity contribution < 1.29 is 32.6 Å². The van der Waals surface area contributed by atoms with E-state index in [-0.39, 0.29) is 12.0 Å². The standard InChI is InChI=1S/C20H21F3N4O4/c1-13-17(30-16-7-10-27(11-8-16)19(28)29)24-12-25-18(13)31-26-9-6-14-2-4-15(5-3-14)20(21,22)23/h2-6,9,12,16,26H,7-8,10-11H2,1H3,(H,28,29). The third-order valence-corrected chi connectivity index (χ3v) is 4.72. The van der Waals surface area contributed by atoms with Gasteiger partial charge in [-0.05, 0) is 30.7 Å². The Bertz CT molecular complexity index is 927. The van der Waals surface area contributed by atoms with Gasteiger partial charge >= 0.3 is 12.3 Å². The van der Waals surface area contributed by atoms with Crippen LogP contribution in [0.15, 0.2) is 36.8 Å². The molecule has 8 nitrogen and oxygen atoms in total. The quantitative estimate of drug-likeness (QED) is 0.661. The van der Waals surface area contributed by atoms with Crippen molar-refractivity contribution in [3.63, 3.8) is 0 Å². The number of alkyl halides is 3. The van der Waals surface area contributed by atoms with Gasteiger partial charge in [0, 0.05) is 32.1 Å². The molecule has 1 amide bonds. The molecule has 1 aromatic carbocycles. The largest absolute Gasteiger partial charge is 0.474 e. The minimum atomic E-state index is -4.37. The smallest absolute Gasteiger partial charge is 0.416 e. The first-order valence-corrected chi connectivity index (χ1v) is 9.46. The van der Waals surface area contributed by atoms with Crippen molar-refractivity contribution in [2.45, 2.75) is 32.0 Å². The lowest BCUT2D eigenvalue weighted by atomic mass is 10.1. The van der Waals surface area contributed by atoms with Crippen LogP contribution in [0.5, 0.6) is 11.8 Å². The molecule has 1 saturated heterocycles. The minimum absolute atomic E-state index is 0.162. The van der Waals surface area contributed by atoms with E-state index in [0.717, 1.165) is 12.1 Å². The molecule has 1 aliphatic heterocycles. The van der Waals surface area contributed by atoms with Crippen LogP contribution in [0.4, 0.5) is 18.0 Å². The summed E-state index contributed by atoms with van der Waals surface area (Å²) in [6, 6.07) is 4.69. The van der Waals surface area contributed by atoms with Crippen LogP contribution in [-0.4, -0.2) is 45.3 Å². The average Bonchev–Trinajstić information content (AvgIpc) is 2.73. The lowest BCUT2D eigenvalue weighted by Crippen LogP contribution is -2.41. The molecule has 0 radical (unpaired) electrons. The highest BCUT2D eigenvalue weighted by Crippen LogP contribution is 2.29. The predicted octanol–water partition coefficient (Wildman–Crippen LogP) is 3.88. The number of likely N-dealkylation sites (tertiary alicyclic amines) is 1. The molecule has 166 valence electrons. The van der Waals surface area contributed by atoms with Crippen molar-refractivity contribution in [2.24, 2.45) is 0 Å². The Kier molecular flexibility index (Phi) is 6.83. The van der Waals surface area contributed by atoms with E-state index in [1.807, 2.05) is 0 Å². The average molecular weight is 438 g/mol. The first-order valence-electron chi connectivity index (χ1n) is 9.46. The predicted molar refractivity (Wildman–Crippen MR) is 104 cm³/mol. The Balaban J connectivity index is 1.53. The Morgan fingerprint density at radius 2 is 1.84 bits per heavy atom. The van der Waals surface area contributed by atoms with E-state index in [2.05, 4.69) is 15.4 Å². The lowest BCUT2D eigenvalue weighted by Gasteiger charge is -2.30. The second-order valence-corrected chi connectivity index (χ2v) is 6.87. The van der Waals surface area contributed by atoms with Gasteiger partial charge in [0.15, 0.2) is 0 Å². The molecule has 2 N–H and O–H groups in total. The number of hydrogen-bond donors (Lipinski definition) is 2. The number of ether oxygens (including phenoxy) is 1. The van der Waals surface area contributed by atoms with Crippen LogP contribution in [0.1, 0.15) is 29.5 Å². The van der Waals surface area contributed by atoms with Gasteiger partial charge in [0.1, 0.15) is 12.4 Å². The number of nitrogens with one attached hydrogen (secondary N) is 1. The Morgan fingerprint density at radius 3 is 2.45 bits per heavy atom. The molecule has 11 heteroatoms. The normalized spacial score (nSPS) is 15.2. The van der Waals surface area contributed by atoms with Gasteiger partial charge in [0.05, 0.1) is 11.1 Å². The molecule has 2 heterocycles. The van der Waals surface area contributed by atoms with Crippen LogP contribution < -0.4 is 15.1 Å². The zero-order valence-corrected chi connectivity index (χ0v) is 16.6. The number of nitrogens with zero attached hydrogens (tertiary/aromatic N) is 3. The molecule has 1 fully saturated rings. The Hall–Kier alpha value is -3.50. The number of rotatable bonds is 6. The highest BCUT2D eigenvalue weighted by molar-refractivity contribution is 5.65. The summed E-state index contributed by atoms with van der Waals surface area (Å²) in [6.45, 7) is 2.51. The van der Waals surface area contributed by atoms with Crippen LogP contribution >= 0.6 is 0 Å². The van der Waals surface area contributed by atoms with Gasteiger partial charge in [-0.15, -0.1) is 0 Å². The van der Waals surface area contributed by atoms with Gasteiger partial charge in [-0.25, -0.2) is 15.3 Å². The van der Waals surface area contributed by atoms with Crippen molar-refractivity contribution in [1.82, 2.24) is 20.3 Å². The molecule has 0 aliphatic carbocycles. The van der Waals surface area contributed by atoms with Crippen LogP contribution in [0.25, 0.3) is 6.08 Å². The summed E-state index contributed by atoms with van der Waals surface area (Å²) < 4.78 is 43.6. The van der Waals surface area contributed by atoms with Gasteiger partial charge < -0.3 is 19.6 Å². The van der Waals surface area contributed by atoms with Crippen molar-refractivity contribution >= 4 is 12.2 Å². The maximum atomic E-state index is 12.6. The summed E-state index contributed by atoms with van der Waals surface area (Å²) in [5, 5.41) is 9.00. The number of piperidine rings is 1. The summed E-state index contributed by atoms with van der Waals surface area (Å²) in [4.78, 5) is 25.8. The van der Waals surface area contributed by atoms with E-state index in [4.69, 9.17) is 14.7 Å². The first-order chi connectivity index (χ1) is 14.7. The van der Waals surface area contributed by atoms with Crippen LogP contribution in [0.3, 0.4) is 0 Å². The molecular weight excluding hydrogens is 417 g/mol. The van der Waals surface area contributed by atoms with Gasteiger partial charge in [0.2, 0.25) is 5.88 Å². The Labute approximate surface area is 176 Å². The molecule has 0 atom stereocenters. The maximum absolute atomic E-state index is 12.6. The van der Waals surface area contributed by atoms with Crippen molar-refractivity contribution in [2.75, 3.05) is 13.1 Å². The van der Waals surface area contributed by atoms with Crippen LogP contribution in [0, 0.1) is 6.92 Å². The van der Waals surface area contributed by atoms with E-state index in [1.54, 1.807) is 13.0 Å². The zero-order chi connectivity index (χ0) is 22.4. The second-order valence-electron chi connectivity index (χ2n) is 6.87. The van der Waals surface area contributed by atoms with Crippen LogP contribution in [-0.2, 0) is 6.18 Å². The molecule has 0 saturated carbocycles. The topological polar surface area (TPSA) is 96.8 Å². The Morgan fingerprint density at radius 1 is 1.19 bits per heavy atom. The van der Waals surface area contributed by atoms with Gasteiger partial charge in [-0.2, -0.15) is 18.2 Å². The lowest BCUT2D eigenvalue weighted by molar-refractivity contribution is -0.137. The maximum Gasteiger partial charge on any atom is 0.416 e. The highest BCUT2D eigenvalue weighted by atomic mass is 19.4. The zero-order valence-electron chi connectivity index (χ0n) is 16.6. The summed E-state index contributed by atoms with van der Waals surface area (Å²) in [7, 11) is 0. The summed E-state index contributed by atoms with van der Waals surface area (Å²) in [6.07, 6.45) is -0.115. The monoisotopic (exact) mass is 438 g/mol. The molecule has 0 spiro atoms. The summed E-state index contributed by atoms with van der Waals surface area (Å²) in [5.41, 5.74) is 2.96. The third-order valence-electron chi connectivity index (χ3n) is 4.72. The molecule has 1 aromatic heterocycles. The van der Waals surface area contributed by atoms with Crippen LogP contribution in [0.2, 0.25) is 0 Å². The van der Waals surface area contributed by atoms with Crippen molar-refractivity contribution in [3.05, 3.63) is 53.5 Å². The van der Waals surface area contributed by atoms with E-state index in [1.165, 1.54) is 29.6 Å². The molecule has 2 aromatic rings. The number of aromatic nitrogens is 2. The second kappa shape index (κ2) is 9.54. The van der Waals surface area contributed by atoms with Gasteiger partial charge in [0.25, 0.3) is 5.88 Å². The number of benzene rings is 1. The number of carbonyl (C=O) groups is 1. The first kappa shape index (κ1) is 22.2. The van der Waals surface area contributed by atoms with Crippen molar-refractivity contribution in [3.8, 4) is 11.8 Å². The number of carboxylic acid groups (broad SMARTS) is 1. The molecule has 31 heavy (non-hydrogen) atoms. The van der Waals surface area contributed by atoms with E-state index in [0.29, 0.717) is 42.9 Å². The van der Waals surface area contributed by atoms with E-state index in [9.17, 15) is 18.0 Å². The van der Waals surface area contributed by atoms with Gasteiger partial charge in [-0.3, -0.25) is 0 Å². The number of hydroxylamine groups is 1. The van der Waals surface area contributed by atoms with Crippen molar-refractivity contribution in [1.29, 1.82) is 0 Å². The number of halogens is 3.